The highest BCUT2D eigenvalue weighted by Crippen LogP contribution is 2.43. The van der Waals surface area contributed by atoms with Gasteiger partial charge >= 0.3 is 8.80 Å². The molecule has 0 aliphatic heterocycles. The first kappa shape index (κ1) is 19.1. The Balaban J connectivity index is 2.28. The fourth-order valence-electron chi connectivity index (χ4n) is 2.96. The molecular formula is C16H34O4Si. The third kappa shape index (κ3) is 5.98. The minimum Gasteiger partial charge on any atom is -0.381 e. The summed E-state index contributed by atoms with van der Waals surface area (Å²) in [5.41, 5.74) is 0.480. The lowest BCUT2D eigenvalue weighted by Gasteiger charge is -2.41. The summed E-state index contributed by atoms with van der Waals surface area (Å²) in [5, 5.41) is 0. The second kappa shape index (κ2) is 9.95. The Kier molecular flexibility index (Phi) is 9.05. The van der Waals surface area contributed by atoms with Crippen LogP contribution in [-0.4, -0.2) is 41.8 Å². The molecule has 0 aromatic rings. The second-order valence-electron chi connectivity index (χ2n) is 5.85. The number of hydrogen-bond acceptors (Lipinski definition) is 4. The zero-order valence-corrected chi connectivity index (χ0v) is 15.4. The van der Waals surface area contributed by atoms with Gasteiger partial charge in [0.05, 0.1) is 6.61 Å². The molecule has 0 aromatic heterocycles. The van der Waals surface area contributed by atoms with Gasteiger partial charge in [0.25, 0.3) is 0 Å². The fourth-order valence-corrected chi connectivity index (χ4v) is 5.54. The van der Waals surface area contributed by atoms with E-state index in [9.17, 15) is 0 Å². The average molecular weight is 319 g/mol. The lowest BCUT2D eigenvalue weighted by atomic mass is 9.68. The van der Waals surface area contributed by atoms with Crippen LogP contribution in [0.3, 0.4) is 0 Å². The number of hydrogen-bond donors (Lipinski definition) is 0. The van der Waals surface area contributed by atoms with E-state index in [1.165, 1.54) is 25.7 Å². The monoisotopic (exact) mass is 318 g/mol. The summed E-state index contributed by atoms with van der Waals surface area (Å²) >= 11 is 0. The van der Waals surface area contributed by atoms with Gasteiger partial charge in [0.1, 0.15) is 0 Å². The number of ether oxygens (including phenoxy) is 1. The van der Waals surface area contributed by atoms with Crippen molar-refractivity contribution < 1.29 is 18.0 Å². The van der Waals surface area contributed by atoms with E-state index in [0.717, 1.165) is 25.7 Å². The maximum absolute atomic E-state index is 5.92. The van der Waals surface area contributed by atoms with Gasteiger partial charge in [0.2, 0.25) is 0 Å². The zero-order valence-electron chi connectivity index (χ0n) is 14.4. The first-order valence-electron chi connectivity index (χ1n) is 8.65. The van der Waals surface area contributed by atoms with Crippen molar-refractivity contribution in [2.24, 2.45) is 5.41 Å². The van der Waals surface area contributed by atoms with Crippen molar-refractivity contribution in [1.29, 1.82) is 0 Å². The predicted octanol–water partition coefficient (Wildman–Crippen LogP) is 4.02. The van der Waals surface area contributed by atoms with Gasteiger partial charge in [-0.1, -0.05) is 13.3 Å². The summed E-state index contributed by atoms with van der Waals surface area (Å²) in [6.07, 6.45) is 6.22. The first-order valence-corrected chi connectivity index (χ1v) is 10.6. The van der Waals surface area contributed by atoms with Crippen molar-refractivity contribution in [2.45, 2.75) is 65.8 Å². The Hall–Kier alpha value is 0.0569. The van der Waals surface area contributed by atoms with Crippen LogP contribution in [0, 0.1) is 5.41 Å². The van der Waals surface area contributed by atoms with Crippen LogP contribution in [0.15, 0.2) is 0 Å². The molecule has 0 heterocycles. The zero-order chi connectivity index (χ0) is 15.6. The van der Waals surface area contributed by atoms with Gasteiger partial charge in [-0.05, 0) is 51.9 Å². The van der Waals surface area contributed by atoms with Crippen molar-refractivity contribution in [3.63, 3.8) is 0 Å². The standard InChI is InChI=1S/C16H34O4Si/c1-5-16(11-9-12-16)15-17-13-10-14-21(18-6-2,19-7-3)20-8-4/h5-15H2,1-4H3. The van der Waals surface area contributed by atoms with Crippen LogP contribution in [-0.2, 0) is 18.0 Å². The summed E-state index contributed by atoms with van der Waals surface area (Å²) < 4.78 is 23.5. The summed E-state index contributed by atoms with van der Waals surface area (Å²) in [5.74, 6) is 0. The van der Waals surface area contributed by atoms with Crippen molar-refractivity contribution in [1.82, 2.24) is 0 Å². The fraction of sp³-hybridized carbons (Fsp3) is 1.00. The van der Waals surface area contributed by atoms with Crippen molar-refractivity contribution in [2.75, 3.05) is 33.0 Å². The van der Waals surface area contributed by atoms with Crippen LogP contribution in [0.2, 0.25) is 6.04 Å². The van der Waals surface area contributed by atoms with E-state index in [0.29, 0.717) is 25.2 Å². The highest BCUT2D eigenvalue weighted by molar-refractivity contribution is 6.60. The molecule has 126 valence electrons. The molecule has 0 bridgehead atoms. The molecule has 1 aliphatic carbocycles. The maximum Gasteiger partial charge on any atom is 0.501 e. The van der Waals surface area contributed by atoms with Crippen molar-refractivity contribution in [3.05, 3.63) is 0 Å². The molecule has 4 nitrogen and oxygen atoms in total. The lowest BCUT2D eigenvalue weighted by molar-refractivity contribution is -0.0103. The van der Waals surface area contributed by atoms with Crippen LogP contribution >= 0.6 is 0 Å². The molecule has 1 rings (SSSR count). The van der Waals surface area contributed by atoms with Gasteiger partial charge in [0.15, 0.2) is 0 Å². The number of rotatable bonds is 13. The molecular weight excluding hydrogens is 284 g/mol. The quantitative estimate of drug-likeness (QED) is 0.380. The molecule has 1 fully saturated rings. The molecule has 0 saturated heterocycles. The Morgan fingerprint density at radius 1 is 0.905 bits per heavy atom. The molecule has 21 heavy (non-hydrogen) atoms. The normalized spacial score (nSPS) is 17.7. The summed E-state index contributed by atoms with van der Waals surface area (Å²) in [4.78, 5) is 0. The van der Waals surface area contributed by atoms with Gasteiger partial charge in [-0.25, -0.2) is 0 Å². The van der Waals surface area contributed by atoms with Gasteiger partial charge in [-0.2, -0.15) is 0 Å². The third-order valence-corrected chi connectivity index (χ3v) is 7.59. The third-order valence-electron chi connectivity index (χ3n) is 4.44. The van der Waals surface area contributed by atoms with E-state index in [1.54, 1.807) is 0 Å². The van der Waals surface area contributed by atoms with E-state index in [4.69, 9.17) is 18.0 Å². The van der Waals surface area contributed by atoms with Crippen molar-refractivity contribution in [3.8, 4) is 0 Å². The Morgan fingerprint density at radius 2 is 1.48 bits per heavy atom. The molecule has 0 N–H and O–H groups in total. The minimum atomic E-state index is -2.47. The lowest BCUT2D eigenvalue weighted by Crippen LogP contribution is -2.46. The van der Waals surface area contributed by atoms with Crippen LogP contribution in [0.5, 0.6) is 0 Å². The Morgan fingerprint density at radius 3 is 1.86 bits per heavy atom. The smallest absolute Gasteiger partial charge is 0.381 e. The molecule has 1 saturated carbocycles. The Labute approximate surface area is 131 Å². The molecule has 0 radical (unpaired) electrons. The average Bonchev–Trinajstić information content (AvgIpc) is 2.42. The van der Waals surface area contributed by atoms with E-state index < -0.39 is 8.80 Å². The van der Waals surface area contributed by atoms with Gasteiger partial charge < -0.3 is 18.0 Å². The highest BCUT2D eigenvalue weighted by atomic mass is 28.4. The largest absolute Gasteiger partial charge is 0.501 e. The molecule has 0 aromatic carbocycles. The van der Waals surface area contributed by atoms with Gasteiger partial charge in [-0.3, -0.25) is 0 Å². The summed E-state index contributed by atoms with van der Waals surface area (Å²) in [6, 6.07) is 0.849. The molecule has 0 atom stereocenters. The topological polar surface area (TPSA) is 36.9 Å². The second-order valence-corrected chi connectivity index (χ2v) is 8.58. The first-order chi connectivity index (χ1) is 10.2. The van der Waals surface area contributed by atoms with Crippen LogP contribution in [0.1, 0.15) is 59.8 Å². The predicted molar refractivity (Wildman–Crippen MR) is 87.5 cm³/mol. The van der Waals surface area contributed by atoms with Crippen LogP contribution in [0.4, 0.5) is 0 Å². The molecule has 5 heteroatoms. The van der Waals surface area contributed by atoms with Crippen molar-refractivity contribution >= 4 is 8.80 Å². The summed E-state index contributed by atoms with van der Waals surface area (Å²) in [7, 11) is -2.47. The molecule has 0 unspecified atom stereocenters. The highest BCUT2D eigenvalue weighted by Gasteiger charge is 2.40. The minimum absolute atomic E-state index is 0.480. The van der Waals surface area contributed by atoms with Gasteiger partial charge in [-0.15, -0.1) is 0 Å². The van der Waals surface area contributed by atoms with Crippen LogP contribution in [0.25, 0.3) is 0 Å². The van der Waals surface area contributed by atoms with E-state index in [2.05, 4.69) is 6.92 Å². The SMILES string of the molecule is CCO[Si](CCCOCC1(CC)CCC1)(OCC)OCC. The summed E-state index contributed by atoms with van der Waals surface area (Å²) in [6.45, 7) is 11.9. The van der Waals surface area contributed by atoms with Crippen LogP contribution < -0.4 is 0 Å². The van der Waals surface area contributed by atoms with E-state index >= 15 is 0 Å². The molecule has 1 aliphatic rings. The van der Waals surface area contributed by atoms with Gasteiger partial charge in [0, 0.05) is 32.5 Å². The Bertz CT molecular complexity index is 246. The van der Waals surface area contributed by atoms with E-state index in [-0.39, 0.29) is 0 Å². The van der Waals surface area contributed by atoms with E-state index in [1.807, 2.05) is 20.8 Å². The maximum atomic E-state index is 5.92. The molecule has 0 spiro atoms. The molecule has 0 amide bonds.